The van der Waals surface area contributed by atoms with E-state index in [1.807, 2.05) is 0 Å². The van der Waals surface area contributed by atoms with Gasteiger partial charge in [-0.25, -0.2) is 0 Å². The number of hydrogen-bond acceptors (Lipinski definition) is 1. The standard InChI is InChI=1S/C16H25N/c1-14(2,3)12-6-8-13(9-7-12)16(10-11-16)15(4,5)17/h6-9H,10-11,17H2,1-5H3. The number of hydrogen-bond donors (Lipinski definition) is 1. The molecule has 0 aromatic heterocycles. The van der Waals surface area contributed by atoms with E-state index in [2.05, 4.69) is 58.9 Å². The Bertz CT molecular complexity index is 397. The largest absolute Gasteiger partial charge is 0.325 e. The Morgan fingerprint density at radius 2 is 1.41 bits per heavy atom. The molecule has 1 aliphatic carbocycles. The van der Waals surface area contributed by atoms with E-state index in [1.165, 1.54) is 24.0 Å². The molecule has 0 unspecified atom stereocenters. The summed E-state index contributed by atoms with van der Waals surface area (Å²) in [6.07, 6.45) is 2.46. The molecule has 0 radical (unpaired) electrons. The molecule has 94 valence electrons. The maximum absolute atomic E-state index is 6.33. The zero-order valence-corrected chi connectivity index (χ0v) is 11.8. The zero-order valence-electron chi connectivity index (χ0n) is 11.8. The van der Waals surface area contributed by atoms with Gasteiger partial charge in [0.2, 0.25) is 0 Å². The van der Waals surface area contributed by atoms with Gasteiger partial charge < -0.3 is 5.73 Å². The van der Waals surface area contributed by atoms with Crippen molar-refractivity contribution in [3.8, 4) is 0 Å². The molecule has 0 amide bonds. The fourth-order valence-corrected chi connectivity index (χ4v) is 2.72. The summed E-state index contributed by atoms with van der Waals surface area (Å²) in [6.45, 7) is 11.1. The van der Waals surface area contributed by atoms with Crippen LogP contribution in [0.25, 0.3) is 0 Å². The van der Waals surface area contributed by atoms with Crippen LogP contribution in [0.4, 0.5) is 0 Å². The minimum absolute atomic E-state index is 0.115. The third kappa shape index (κ3) is 2.13. The van der Waals surface area contributed by atoms with E-state index in [1.54, 1.807) is 0 Å². The van der Waals surface area contributed by atoms with Gasteiger partial charge in [0.1, 0.15) is 0 Å². The number of benzene rings is 1. The third-order valence-corrected chi connectivity index (χ3v) is 4.29. The average Bonchev–Trinajstić information content (AvgIpc) is 2.96. The lowest BCUT2D eigenvalue weighted by atomic mass is 9.78. The van der Waals surface area contributed by atoms with Crippen LogP contribution >= 0.6 is 0 Å². The highest BCUT2D eigenvalue weighted by Crippen LogP contribution is 2.54. The molecule has 0 aliphatic heterocycles. The summed E-state index contributed by atoms with van der Waals surface area (Å²) in [4.78, 5) is 0. The van der Waals surface area contributed by atoms with Crippen LogP contribution in [-0.2, 0) is 10.8 Å². The van der Waals surface area contributed by atoms with Gasteiger partial charge in [0.05, 0.1) is 0 Å². The second-order valence-electron chi connectivity index (χ2n) is 7.13. The molecule has 0 bridgehead atoms. The number of rotatable bonds is 2. The molecule has 1 aliphatic rings. The summed E-state index contributed by atoms with van der Waals surface area (Å²) in [6, 6.07) is 9.09. The first-order chi connectivity index (χ1) is 7.67. The molecule has 0 saturated heterocycles. The van der Waals surface area contributed by atoms with Gasteiger partial charge in [0.15, 0.2) is 0 Å². The van der Waals surface area contributed by atoms with Gasteiger partial charge >= 0.3 is 0 Å². The Morgan fingerprint density at radius 3 is 1.71 bits per heavy atom. The minimum atomic E-state index is -0.115. The van der Waals surface area contributed by atoms with Gasteiger partial charge in [0, 0.05) is 11.0 Å². The molecule has 1 saturated carbocycles. The fourth-order valence-electron chi connectivity index (χ4n) is 2.72. The molecule has 0 atom stereocenters. The van der Waals surface area contributed by atoms with Crippen molar-refractivity contribution >= 4 is 0 Å². The maximum atomic E-state index is 6.33. The van der Waals surface area contributed by atoms with Crippen molar-refractivity contribution < 1.29 is 0 Å². The third-order valence-electron chi connectivity index (χ3n) is 4.29. The lowest BCUT2D eigenvalue weighted by Gasteiger charge is -2.32. The highest BCUT2D eigenvalue weighted by molar-refractivity contribution is 5.39. The van der Waals surface area contributed by atoms with Crippen molar-refractivity contribution in [2.45, 2.75) is 63.8 Å². The first-order valence-corrected chi connectivity index (χ1v) is 6.57. The van der Waals surface area contributed by atoms with Gasteiger partial charge in [-0.3, -0.25) is 0 Å². The smallest absolute Gasteiger partial charge is 0.0195 e. The Kier molecular flexibility index (Phi) is 2.66. The van der Waals surface area contributed by atoms with Gasteiger partial charge in [-0.1, -0.05) is 45.0 Å². The van der Waals surface area contributed by atoms with Crippen LogP contribution in [0.3, 0.4) is 0 Å². The first-order valence-electron chi connectivity index (χ1n) is 6.57. The van der Waals surface area contributed by atoms with Gasteiger partial charge in [-0.2, -0.15) is 0 Å². The number of nitrogens with two attached hydrogens (primary N) is 1. The molecular weight excluding hydrogens is 206 g/mol. The van der Waals surface area contributed by atoms with Crippen LogP contribution in [0.2, 0.25) is 0 Å². The average molecular weight is 231 g/mol. The second-order valence-corrected chi connectivity index (χ2v) is 7.13. The monoisotopic (exact) mass is 231 g/mol. The second kappa shape index (κ2) is 3.58. The van der Waals surface area contributed by atoms with Crippen LogP contribution in [-0.4, -0.2) is 5.54 Å². The summed E-state index contributed by atoms with van der Waals surface area (Å²) in [5, 5.41) is 0. The van der Waals surface area contributed by atoms with Crippen molar-refractivity contribution in [2.75, 3.05) is 0 Å². The van der Waals surface area contributed by atoms with Crippen LogP contribution in [0, 0.1) is 0 Å². The summed E-state index contributed by atoms with van der Waals surface area (Å²) in [5.41, 5.74) is 9.48. The highest BCUT2D eigenvalue weighted by Gasteiger charge is 2.53. The van der Waals surface area contributed by atoms with Crippen molar-refractivity contribution in [3.05, 3.63) is 35.4 Å². The van der Waals surface area contributed by atoms with Crippen LogP contribution in [0.15, 0.2) is 24.3 Å². The quantitative estimate of drug-likeness (QED) is 0.824. The van der Waals surface area contributed by atoms with Gasteiger partial charge in [0.25, 0.3) is 0 Å². The van der Waals surface area contributed by atoms with Gasteiger partial charge in [-0.05, 0) is 43.2 Å². The van der Waals surface area contributed by atoms with Crippen molar-refractivity contribution in [1.82, 2.24) is 0 Å². The molecule has 0 heterocycles. The van der Waals surface area contributed by atoms with Crippen molar-refractivity contribution in [3.63, 3.8) is 0 Å². The van der Waals surface area contributed by atoms with E-state index in [9.17, 15) is 0 Å². The van der Waals surface area contributed by atoms with Crippen LogP contribution < -0.4 is 5.73 Å². The molecule has 1 nitrogen and oxygen atoms in total. The predicted octanol–water partition coefficient (Wildman–Crippen LogP) is 3.75. The Labute approximate surface area is 105 Å². The van der Waals surface area contributed by atoms with E-state index in [-0.39, 0.29) is 16.4 Å². The predicted molar refractivity (Wildman–Crippen MR) is 74.3 cm³/mol. The van der Waals surface area contributed by atoms with Crippen LogP contribution in [0.1, 0.15) is 58.6 Å². The van der Waals surface area contributed by atoms with Crippen molar-refractivity contribution in [2.24, 2.45) is 5.73 Å². The Hall–Kier alpha value is -0.820. The fraction of sp³-hybridized carbons (Fsp3) is 0.625. The molecule has 1 heteroatoms. The van der Waals surface area contributed by atoms with Gasteiger partial charge in [-0.15, -0.1) is 0 Å². The zero-order chi connectivity index (χ0) is 12.9. The van der Waals surface area contributed by atoms with E-state index >= 15 is 0 Å². The Balaban J connectivity index is 2.32. The molecular formula is C16H25N. The SMILES string of the molecule is CC(C)(C)c1ccc(C2(C(C)(C)N)CC2)cc1. The molecule has 1 fully saturated rings. The van der Waals surface area contributed by atoms with E-state index in [0.29, 0.717) is 0 Å². The summed E-state index contributed by atoms with van der Waals surface area (Å²) < 4.78 is 0. The summed E-state index contributed by atoms with van der Waals surface area (Å²) in [5.74, 6) is 0. The molecule has 2 rings (SSSR count). The minimum Gasteiger partial charge on any atom is -0.325 e. The summed E-state index contributed by atoms with van der Waals surface area (Å²) in [7, 11) is 0. The molecule has 1 aromatic carbocycles. The van der Waals surface area contributed by atoms with E-state index < -0.39 is 0 Å². The normalized spacial score (nSPS) is 19.2. The lowest BCUT2D eigenvalue weighted by Crippen LogP contribution is -2.45. The molecule has 2 N–H and O–H groups in total. The Morgan fingerprint density at radius 1 is 0.941 bits per heavy atom. The highest BCUT2D eigenvalue weighted by atomic mass is 14.8. The topological polar surface area (TPSA) is 26.0 Å². The van der Waals surface area contributed by atoms with E-state index in [0.717, 1.165) is 0 Å². The summed E-state index contributed by atoms with van der Waals surface area (Å²) >= 11 is 0. The van der Waals surface area contributed by atoms with E-state index in [4.69, 9.17) is 5.73 Å². The first kappa shape index (κ1) is 12.6. The molecule has 1 aromatic rings. The lowest BCUT2D eigenvalue weighted by molar-refractivity contribution is 0.391. The van der Waals surface area contributed by atoms with Crippen LogP contribution in [0.5, 0.6) is 0 Å². The maximum Gasteiger partial charge on any atom is 0.0195 e. The molecule has 17 heavy (non-hydrogen) atoms. The van der Waals surface area contributed by atoms with Crippen molar-refractivity contribution in [1.29, 1.82) is 0 Å². The molecule has 0 spiro atoms.